The van der Waals surface area contributed by atoms with Gasteiger partial charge in [-0.2, -0.15) is 4.31 Å². The highest BCUT2D eigenvalue weighted by molar-refractivity contribution is 7.89. The summed E-state index contributed by atoms with van der Waals surface area (Å²) in [6, 6.07) is 5.07. The fourth-order valence-electron chi connectivity index (χ4n) is 4.86. The van der Waals surface area contributed by atoms with Crippen LogP contribution in [0.4, 0.5) is 5.69 Å². The topological polar surface area (TPSA) is 79.4 Å². The second-order valence-corrected chi connectivity index (χ2v) is 10.8. The number of rotatable bonds is 4. The zero-order chi connectivity index (χ0) is 21.6. The third-order valence-electron chi connectivity index (χ3n) is 6.82. The van der Waals surface area contributed by atoms with Crippen LogP contribution in [0.3, 0.4) is 0 Å². The molecule has 168 valence electrons. The van der Waals surface area contributed by atoms with Crippen LogP contribution >= 0.6 is 0 Å². The molecule has 1 amide bonds. The maximum Gasteiger partial charge on any atom is 0.243 e. The van der Waals surface area contributed by atoms with Gasteiger partial charge in [0.2, 0.25) is 15.9 Å². The monoisotopic (exact) mass is 447 g/mol. The second-order valence-electron chi connectivity index (χ2n) is 8.89. The summed E-state index contributed by atoms with van der Waals surface area (Å²) >= 11 is 0. The number of sulfonamides is 1. The van der Waals surface area contributed by atoms with Crippen molar-refractivity contribution in [3.63, 3.8) is 0 Å². The maximum atomic E-state index is 13.3. The van der Waals surface area contributed by atoms with Crippen molar-refractivity contribution in [1.29, 1.82) is 0 Å². The minimum atomic E-state index is -3.61. The highest BCUT2D eigenvalue weighted by atomic mass is 32.2. The van der Waals surface area contributed by atoms with Crippen LogP contribution in [0.2, 0.25) is 0 Å². The smallest absolute Gasteiger partial charge is 0.243 e. The van der Waals surface area contributed by atoms with Crippen molar-refractivity contribution in [3.8, 4) is 5.75 Å². The van der Waals surface area contributed by atoms with Gasteiger partial charge in [0.05, 0.1) is 17.1 Å². The number of hydrogen-bond donors (Lipinski definition) is 0. The first-order valence-corrected chi connectivity index (χ1v) is 12.4. The molecule has 31 heavy (non-hydrogen) atoms. The van der Waals surface area contributed by atoms with Crippen LogP contribution in [0.25, 0.3) is 0 Å². The van der Waals surface area contributed by atoms with Crippen molar-refractivity contribution in [2.45, 2.75) is 24.2 Å². The standard InChI is InChI=1S/C22H29N3O5S/c1-23-6-9-30-21-3-2-19(11-20(21)23)31(27,28)25-14-17-12-24(13-18(17)15-25)22(26)10-16-4-7-29-8-5-16/h2-3,11,16H,4-10,12-15H2,1H3. The summed E-state index contributed by atoms with van der Waals surface area (Å²) in [5.41, 5.74) is 2.95. The lowest BCUT2D eigenvalue weighted by Crippen LogP contribution is -2.37. The molecule has 0 atom stereocenters. The molecule has 0 N–H and O–H groups in total. The Bertz CT molecular complexity index is 998. The minimum absolute atomic E-state index is 0.174. The van der Waals surface area contributed by atoms with Gasteiger partial charge < -0.3 is 19.3 Å². The number of amides is 1. The van der Waals surface area contributed by atoms with Gasteiger partial charge in [-0.3, -0.25) is 4.79 Å². The molecule has 0 spiro atoms. The molecule has 9 heteroatoms. The first kappa shape index (κ1) is 20.8. The van der Waals surface area contributed by atoms with Gasteiger partial charge in [-0.05, 0) is 48.1 Å². The molecule has 0 aromatic heterocycles. The average molecular weight is 448 g/mol. The van der Waals surface area contributed by atoms with Crippen LogP contribution in [-0.4, -0.2) is 83.1 Å². The predicted octanol–water partition coefficient (Wildman–Crippen LogP) is 1.47. The highest BCUT2D eigenvalue weighted by Gasteiger charge is 2.38. The number of nitrogens with zero attached hydrogens (tertiary/aromatic N) is 3. The van der Waals surface area contributed by atoms with E-state index in [1.165, 1.54) is 4.31 Å². The largest absolute Gasteiger partial charge is 0.490 e. The van der Waals surface area contributed by atoms with Crippen LogP contribution in [0, 0.1) is 5.92 Å². The molecule has 1 aromatic rings. The molecule has 0 saturated carbocycles. The van der Waals surface area contributed by atoms with E-state index in [0.717, 1.165) is 49.4 Å². The second kappa shape index (κ2) is 8.11. The quantitative estimate of drug-likeness (QED) is 0.651. The Kier molecular flexibility index (Phi) is 5.44. The summed E-state index contributed by atoms with van der Waals surface area (Å²) in [4.78, 5) is 16.9. The van der Waals surface area contributed by atoms with Crippen LogP contribution in [0.1, 0.15) is 19.3 Å². The number of carbonyl (C=O) groups is 1. The number of ether oxygens (including phenoxy) is 2. The Morgan fingerprint density at radius 2 is 1.77 bits per heavy atom. The molecular formula is C22H29N3O5S. The molecular weight excluding hydrogens is 418 g/mol. The van der Waals surface area contributed by atoms with Crippen LogP contribution in [-0.2, 0) is 19.6 Å². The van der Waals surface area contributed by atoms with Gasteiger partial charge in [-0.15, -0.1) is 0 Å². The molecule has 0 bridgehead atoms. The number of hydrogen-bond acceptors (Lipinski definition) is 6. The summed E-state index contributed by atoms with van der Waals surface area (Å²) in [6.07, 6.45) is 2.45. The summed E-state index contributed by atoms with van der Waals surface area (Å²) in [6.45, 7) is 4.63. The van der Waals surface area contributed by atoms with Crippen molar-refractivity contribution < 1.29 is 22.7 Å². The number of likely N-dealkylation sites (N-methyl/N-ethyl adjacent to an activating group) is 1. The fourth-order valence-corrected chi connectivity index (χ4v) is 6.31. The van der Waals surface area contributed by atoms with E-state index in [9.17, 15) is 13.2 Å². The van der Waals surface area contributed by atoms with Crippen molar-refractivity contribution in [2.24, 2.45) is 5.92 Å². The van der Waals surface area contributed by atoms with Crippen molar-refractivity contribution in [3.05, 3.63) is 29.3 Å². The van der Waals surface area contributed by atoms with Gasteiger partial charge in [0.15, 0.2) is 0 Å². The minimum Gasteiger partial charge on any atom is -0.490 e. The highest BCUT2D eigenvalue weighted by Crippen LogP contribution is 2.36. The van der Waals surface area contributed by atoms with E-state index in [1.54, 1.807) is 18.2 Å². The molecule has 8 nitrogen and oxygen atoms in total. The summed E-state index contributed by atoms with van der Waals surface area (Å²) in [5, 5.41) is 0. The predicted molar refractivity (Wildman–Crippen MR) is 116 cm³/mol. The summed E-state index contributed by atoms with van der Waals surface area (Å²) in [7, 11) is -1.67. The lowest BCUT2D eigenvalue weighted by Gasteiger charge is -2.29. The van der Waals surface area contributed by atoms with Gasteiger partial charge >= 0.3 is 0 Å². The molecule has 4 aliphatic rings. The van der Waals surface area contributed by atoms with Crippen molar-refractivity contribution >= 4 is 21.6 Å². The van der Waals surface area contributed by atoms with E-state index in [0.29, 0.717) is 50.9 Å². The van der Waals surface area contributed by atoms with Crippen LogP contribution in [0.5, 0.6) is 5.75 Å². The van der Waals surface area contributed by atoms with E-state index in [1.807, 2.05) is 16.8 Å². The van der Waals surface area contributed by atoms with Gasteiger partial charge in [-0.1, -0.05) is 0 Å². The van der Waals surface area contributed by atoms with Crippen molar-refractivity contribution in [2.75, 3.05) is 64.5 Å². The molecule has 0 aliphatic carbocycles. The molecule has 1 saturated heterocycles. The normalized spacial score (nSPS) is 22.5. The van der Waals surface area contributed by atoms with Crippen LogP contribution < -0.4 is 9.64 Å². The molecule has 0 unspecified atom stereocenters. The fraction of sp³-hybridized carbons (Fsp3) is 0.591. The Balaban J connectivity index is 1.23. The summed E-state index contributed by atoms with van der Waals surface area (Å²) < 4.78 is 39.1. The van der Waals surface area contributed by atoms with Gasteiger partial charge in [0.1, 0.15) is 12.4 Å². The Labute approximate surface area is 183 Å². The molecule has 1 fully saturated rings. The van der Waals surface area contributed by atoms with Crippen LogP contribution in [0.15, 0.2) is 34.2 Å². The molecule has 4 aliphatic heterocycles. The number of benzene rings is 1. The lowest BCUT2D eigenvalue weighted by atomic mass is 9.96. The first-order valence-electron chi connectivity index (χ1n) is 11.0. The molecule has 1 aromatic carbocycles. The third kappa shape index (κ3) is 3.94. The maximum absolute atomic E-state index is 13.3. The zero-order valence-corrected chi connectivity index (χ0v) is 18.7. The zero-order valence-electron chi connectivity index (χ0n) is 17.9. The van der Waals surface area contributed by atoms with E-state index < -0.39 is 10.0 Å². The van der Waals surface area contributed by atoms with E-state index >= 15 is 0 Å². The van der Waals surface area contributed by atoms with Gasteiger partial charge in [-0.25, -0.2) is 8.42 Å². The average Bonchev–Trinajstić information content (AvgIpc) is 3.35. The van der Waals surface area contributed by atoms with Crippen molar-refractivity contribution in [1.82, 2.24) is 9.21 Å². The number of fused-ring (bicyclic) bond motifs is 1. The Morgan fingerprint density at radius 3 is 2.48 bits per heavy atom. The van der Waals surface area contributed by atoms with E-state index in [2.05, 4.69) is 0 Å². The lowest BCUT2D eigenvalue weighted by molar-refractivity contribution is -0.131. The molecule has 4 heterocycles. The number of carbonyl (C=O) groups excluding carboxylic acids is 1. The van der Waals surface area contributed by atoms with E-state index in [4.69, 9.17) is 9.47 Å². The number of anilines is 1. The molecule has 0 radical (unpaired) electrons. The first-order chi connectivity index (χ1) is 14.9. The Hall–Kier alpha value is -2.10. The SMILES string of the molecule is CN1CCOc2ccc(S(=O)(=O)N3CC4=C(CN(C(=O)CC5CCOCC5)C4)C3)cc21. The Morgan fingerprint density at radius 1 is 1.06 bits per heavy atom. The third-order valence-corrected chi connectivity index (χ3v) is 8.61. The van der Waals surface area contributed by atoms with Gasteiger partial charge in [0, 0.05) is 52.9 Å². The summed E-state index contributed by atoms with van der Waals surface area (Å²) in [5.74, 6) is 1.29. The van der Waals surface area contributed by atoms with Gasteiger partial charge in [0.25, 0.3) is 0 Å². The molecule has 5 rings (SSSR count). The van der Waals surface area contributed by atoms with E-state index in [-0.39, 0.29) is 10.8 Å².